The van der Waals surface area contributed by atoms with Crippen LogP contribution in [0.3, 0.4) is 0 Å². The molecule has 0 unspecified atom stereocenters. The Morgan fingerprint density at radius 2 is 1.70 bits per heavy atom. The summed E-state index contributed by atoms with van der Waals surface area (Å²) in [7, 11) is 0. The van der Waals surface area contributed by atoms with E-state index >= 15 is 0 Å². The van der Waals surface area contributed by atoms with Crippen LogP contribution in [0, 0.1) is 6.92 Å². The highest BCUT2D eigenvalue weighted by Gasteiger charge is 2.51. The topological polar surface area (TPSA) is 157 Å². The Kier molecular flexibility index (Phi) is 11.0. The first kappa shape index (κ1) is 32.3. The molecule has 0 bridgehead atoms. The first-order chi connectivity index (χ1) is 20.5. The van der Waals surface area contributed by atoms with Gasteiger partial charge >= 0.3 is 17.9 Å². The summed E-state index contributed by atoms with van der Waals surface area (Å²) in [4.78, 5) is 48.3. The summed E-state index contributed by atoms with van der Waals surface area (Å²) < 4.78 is 30.8. The van der Waals surface area contributed by atoms with Gasteiger partial charge in [0.2, 0.25) is 5.91 Å². The smallest absolute Gasteiger partial charge is 0.303 e. The molecule has 0 radical (unpaired) electrons. The fourth-order valence-electron chi connectivity index (χ4n) is 5.36. The zero-order chi connectivity index (χ0) is 31.1. The van der Waals surface area contributed by atoms with Crippen molar-refractivity contribution in [3.63, 3.8) is 0 Å². The number of aryl methyl sites for hydroxylation is 1. The summed E-state index contributed by atoms with van der Waals surface area (Å²) in [5, 5.41) is 12.2. The Hall–Kier alpha value is -3.65. The molecule has 2 fully saturated rings. The SMILES string of the molecule is CC(=O)N[C@H]1[C@H](OC(C)=O)[C@H](OC(C)=O)[C@H](COC(C)=O)O[C@@H]1Sc1nnc(COc2cccc(C)c2)n1C1CCCC1. The molecule has 1 saturated carbocycles. The lowest BCUT2D eigenvalue weighted by Crippen LogP contribution is -2.65. The van der Waals surface area contributed by atoms with Gasteiger partial charge in [0.25, 0.3) is 0 Å². The number of esters is 3. The maximum absolute atomic E-state index is 12.3. The third-order valence-electron chi connectivity index (χ3n) is 7.08. The summed E-state index contributed by atoms with van der Waals surface area (Å²) in [6.45, 7) is 6.87. The number of rotatable bonds is 11. The minimum absolute atomic E-state index is 0.131. The molecule has 13 nitrogen and oxygen atoms in total. The third-order valence-corrected chi connectivity index (χ3v) is 8.20. The van der Waals surface area contributed by atoms with Crippen LogP contribution in [-0.4, -0.2) is 75.0 Å². The summed E-state index contributed by atoms with van der Waals surface area (Å²) in [6.07, 6.45) is 0.661. The van der Waals surface area contributed by atoms with Crippen LogP contribution >= 0.6 is 11.8 Å². The van der Waals surface area contributed by atoms with Crippen molar-refractivity contribution in [3.05, 3.63) is 35.7 Å². The lowest BCUT2D eigenvalue weighted by atomic mass is 9.97. The Morgan fingerprint density at radius 1 is 1.00 bits per heavy atom. The van der Waals surface area contributed by atoms with Gasteiger partial charge in [-0.05, 0) is 37.5 Å². The molecule has 14 heteroatoms. The molecule has 0 spiro atoms. The second-order valence-corrected chi connectivity index (χ2v) is 11.7. The molecule has 1 N–H and O–H groups in total. The van der Waals surface area contributed by atoms with Gasteiger partial charge in [0.15, 0.2) is 23.2 Å². The van der Waals surface area contributed by atoms with E-state index in [0.717, 1.165) is 31.2 Å². The molecule has 1 aromatic heterocycles. The van der Waals surface area contributed by atoms with Gasteiger partial charge in [-0.3, -0.25) is 23.7 Å². The molecule has 1 saturated heterocycles. The number of hydrogen-bond donors (Lipinski definition) is 1. The van der Waals surface area contributed by atoms with Gasteiger partial charge < -0.3 is 29.0 Å². The lowest BCUT2D eigenvalue weighted by molar-refractivity contribution is -0.211. The summed E-state index contributed by atoms with van der Waals surface area (Å²) in [5.74, 6) is -0.953. The maximum Gasteiger partial charge on any atom is 0.303 e. The first-order valence-electron chi connectivity index (χ1n) is 14.2. The molecule has 1 aliphatic heterocycles. The van der Waals surface area contributed by atoms with Gasteiger partial charge in [-0.15, -0.1) is 10.2 Å². The second-order valence-electron chi connectivity index (χ2n) is 10.7. The largest absolute Gasteiger partial charge is 0.486 e. The van der Waals surface area contributed by atoms with E-state index in [0.29, 0.717) is 16.7 Å². The van der Waals surface area contributed by atoms with Gasteiger partial charge in [0, 0.05) is 33.7 Å². The van der Waals surface area contributed by atoms with Crippen molar-refractivity contribution >= 4 is 35.6 Å². The predicted molar refractivity (Wildman–Crippen MR) is 153 cm³/mol. The monoisotopic (exact) mass is 618 g/mol. The number of nitrogens with one attached hydrogen (secondary N) is 1. The zero-order valence-electron chi connectivity index (χ0n) is 24.9. The van der Waals surface area contributed by atoms with Crippen LogP contribution in [0.1, 0.15) is 70.8 Å². The Bertz CT molecular complexity index is 1310. The molecule has 1 aliphatic carbocycles. The molecule has 43 heavy (non-hydrogen) atoms. The Balaban J connectivity index is 1.68. The average Bonchev–Trinajstić information content (AvgIpc) is 3.59. The molecule has 2 heterocycles. The van der Waals surface area contributed by atoms with Gasteiger partial charge in [-0.2, -0.15) is 0 Å². The van der Waals surface area contributed by atoms with E-state index in [1.165, 1.54) is 39.5 Å². The fourth-order valence-corrected chi connectivity index (χ4v) is 6.60. The molecule has 2 aliphatic rings. The van der Waals surface area contributed by atoms with Crippen molar-refractivity contribution in [2.24, 2.45) is 0 Å². The number of hydrogen-bond acceptors (Lipinski definition) is 12. The second kappa shape index (κ2) is 14.7. The average molecular weight is 619 g/mol. The van der Waals surface area contributed by atoms with Crippen LogP contribution in [0.2, 0.25) is 0 Å². The highest BCUT2D eigenvalue weighted by molar-refractivity contribution is 7.99. The van der Waals surface area contributed by atoms with Crippen molar-refractivity contribution in [3.8, 4) is 5.75 Å². The predicted octanol–water partition coefficient (Wildman–Crippen LogP) is 3.03. The fraction of sp³-hybridized carbons (Fsp3) is 0.586. The number of amides is 1. The van der Waals surface area contributed by atoms with E-state index in [1.807, 2.05) is 35.8 Å². The number of carbonyl (C=O) groups excluding carboxylic acids is 4. The number of thioether (sulfide) groups is 1. The lowest BCUT2D eigenvalue weighted by Gasteiger charge is -2.44. The van der Waals surface area contributed by atoms with E-state index in [4.69, 9.17) is 23.7 Å². The van der Waals surface area contributed by atoms with Crippen LogP contribution in [0.25, 0.3) is 0 Å². The van der Waals surface area contributed by atoms with Crippen LogP contribution < -0.4 is 10.1 Å². The minimum Gasteiger partial charge on any atom is -0.486 e. The van der Waals surface area contributed by atoms with Gasteiger partial charge in [-0.1, -0.05) is 36.7 Å². The van der Waals surface area contributed by atoms with Crippen LogP contribution in [0.15, 0.2) is 29.4 Å². The Labute approximate surface area is 254 Å². The summed E-state index contributed by atoms with van der Waals surface area (Å²) in [5.41, 5.74) is 0.178. The van der Waals surface area contributed by atoms with Gasteiger partial charge in [-0.25, -0.2) is 0 Å². The van der Waals surface area contributed by atoms with Crippen LogP contribution in [-0.2, 0) is 44.7 Å². The number of carbonyl (C=O) groups is 4. The first-order valence-corrected chi connectivity index (χ1v) is 15.1. The number of aromatic nitrogens is 3. The van der Waals surface area contributed by atoms with Crippen molar-refractivity contribution in [2.75, 3.05) is 6.61 Å². The standard InChI is InChI=1S/C29H38N4O9S/c1-16-9-8-12-22(13-16)39-15-24-31-32-29(33(24)21-10-6-7-11-21)43-28-25(30-17(2)34)27(41-20(5)37)26(40-19(4)36)23(42-28)14-38-18(3)35/h8-9,12-13,21,23,25-28H,6-7,10-11,14-15H2,1-5H3,(H,30,34)/t23-,25-,26+,27-,28+/m0/s1. The summed E-state index contributed by atoms with van der Waals surface area (Å²) >= 11 is 1.19. The third kappa shape index (κ3) is 8.69. The van der Waals surface area contributed by atoms with E-state index in [2.05, 4.69) is 15.5 Å². The molecule has 4 rings (SSSR count). The highest BCUT2D eigenvalue weighted by Crippen LogP contribution is 2.39. The van der Waals surface area contributed by atoms with E-state index in [1.54, 1.807) is 0 Å². The van der Waals surface area contributed by atoms with E-state index < -0.39 is 53.6 Å². The van der Waals surface area contributed by atoms with Crippen LogP contribution in [0.4, 0.5) is 0 Å². The molecular formula is C29H38N4O9S. The highest BCUT2D eigenvalue weighted by atomic mass is 32.2. The van der Waals surface area contributed by atoms with Crippen molar-refractivity contribution < 1.29 is 42.9 Å². The zero-order valence-corrected chi connectivity index (χ0v) is 25.8. The minimum atomic E-state index is -1.17. The summed E-state index contributed by atoms with van der Waals surface area (Å²) in [6, 6.07) is 6.91. The molecule has 1 amide bonds. The maximum atomic E-state index is 12.3. The normalized spacial score (nSPS) is 23.8. The number of benzene rings is 1. The van der Waals surface area contributed by atoms with Gasteiger partial charge in [0.05, 0.1) is 0 Å². The number of ether oxygens (including phenoxy) is 5. The van der Waals surface area contributed by atoms with E-state index in [-0.39, 0.29) is 19.3 Å². The van der Waals surface area contributed by atoms with Crippen molar-refractivity contribution in [2.45, 2.75) is 108 Å². The molecular weight excluding hydrogens is 580 g/mol. The molecule has 1 aromatic carbocycles. The quantitative estimate of drug-likeness (QED) is 0.290. The molecule has 234 valence electrons. The molecule has 5 atom stereocenters. The molecule has 2 aromatic rings. The van der Waals surface area contributed by atoms with E-state index in [9.17, 15) is 19.2 Å². The van der Waals surface area contributed by atoms with Crippen molar-refractivity contribution in [1.29, 1.82) is 0 Å². The Morgan fingerprint density at radius 3 is 2.33 bits per heavy atom. The van der Waals surface area contributed by atoms with Crippen LogP contribution in [0.5, 0.6) is 5.75 Å². The van der Waals surface area contributed by atoms with Gasteiger partial charge in [0.1, 0.15) is 36.5 Å². The van der Waals surface area contributed by atoms with Crippen molar-refractivity contribution in [1.82, 2.24) is 20.1 Å². The number of nitrogens with zero attached hydrogens (tertiary/aromatic N) is 3.